The average Bonchev–Trinajstić information content (AvgIpc) is 2.63. The monoisotopic (exact) mass is 202 g/mol. The van der Waals surface area contributed by atoms with E-state index in [9.17, 15) is 0 Å². The van der Waals surface area contributed by atoms with Crippen LogP contribution in [-0.2, 0) is 13.6 Å². The molecule has 0 amide bonds. The summed E-state index contributed by atoms with van der Waals surface area (Å²) < 4.78 is 1.77. The van der Waals surface area contributed by atoms with Crippen LogP contribution >= 0.6 is 0 Å². The fourth-order valence-corrected chi connectivity index (χ4v) is 1.43. The number of nitrogens with zero attached hydrogens (tertiary/aromatic N) is 3. The van der Waals surface area contributed by atoms with E-state index in [1.807, 2.05) is 19.2 Å². The van der Waals surface area contributed by atoms with Crippen LogP contribution in [0.1, 0.15) is 11.3 Å². The van der Waals surface area contributed by atoms with Crippen molar-refractivity contribution >= 4 is 5.69 Å². The van der Waals surface area contributed by atoms with Crippen LogP contribution in [0.2, 0.25) is 0 Å². The van der Waals surface area contributed by atoms with Gasteiger partial charge in [0.25, 0.3) is 0 Å². The van der Waals surface area contributed by atoms with Gasteiger partial charge < -0.3 is 5.32 Å². The van der Waals surface area contributed by atoms with E-state index in [1.54, 1.807) is 10.9 Å². The van der Waals surface area contributed by atoms with Gasteiger partial charge in [-0.05, 0) is 18.6 Å². The van der Waals surface area contributed by atoms with Crippen molar-refractivity contribution in [3.63, 3.8) is 0 Å². The zero-order valence-electron chi connectivity index (χ0n) is 8.94. The number of hydrogen-bond acceptors (Lipinski definition) is 3. The van der Waals surface area contributed by atoms with Crippen LogP contribution in [-0.4, -0.2) is 15.0 Å². The van der Waals surface area contributed by atoms with E-state index in [4.69, 9.17) is 0 Å². The normalized spacial score (nSPS) is 10.3. The van der Waals surface area contributed by atoms with Crippen molar-refractivity contribution < 1.29 is 0 Å². The number of anilines is 1. The van der Waals surface area contributed by atoms with Crippen LogP contribution in [0.15, 0.2) is 30.5 Å². The predicted octanol–water partition coefficient (Wildman–Crippen LogP) is 1.74. The molecule has 4 heteroatoms. The summed E-state index contributed by atoms with van der Waals surface area (Å²) >= 11 is 0. The number of aryl methyl sites for hydroxylation is 2. The largest absolute Gasteiger partial charge is 0.379 e. The van der Waals surface area contributed by atoms with Crippen molar-refractivity contribution in [1.82, 2.24) is 15.0 Å². The van der Waals surface area contributed by atoms with Crippen molar-refractivity contribution in [3.05, 3.63) is 41.7 Å². The number of para-hydroxylation sites is 1. The molecule has 4 nitrogen and oxygen atoms in total. The summed E-state index contributed by atoms with van der Waals surface area (Å²) in [6, 6.07) is 8.21. The van der Waals surface area contributed by atoms with Crippen molar-refractivity contribution in [2.75, 3.05) is 5.32 Å². The molecule has 0 aliphatic carbocycles. The second-order valence-corrected chi connectivity index (χ2v) is 3.52. The Labute approximate surface area is 88.9 Å². The lowest BCUT2D eigenvalue weighted by Gasteiger charge is -2.08. The smallest absolute Gasteiger partial charge is 0.0774 e. The molecular weight excluding hydrogens is 188 g/mol. The molecule has 1 N–H and O–H groups in total. The minimum absolute atomic E-state index is 0.744. The highest BCUT2D eigenvalue weighted by molar-refractivity contribution is 5.50. The third kappa shape index (κ3) is 2.15. The van der Waals surface area contributed by atoms with E-state index in [-0.39, 0.29) is 0 Å². The Bertz CT molecular complexity index is 447. The zero-order valence-corrected chi connectivity index (χ0v) is 8.94. The van der Waals surface area contributed by atoms with Gasteiger partial charge >= 0.3 is 0 Å². The summed E-state index contributed by atoms with van der Waals surface area (Å²) in [4.78, 5) is 0. The predicted molar refractivity (Wildman–Crippen MR) is 59.5 cm³/mol. The van der Waals surface area contributed by atoms with Crippen LogP contribution in [0, 0.1) is 6.92 Å². The molecule has 1 heterocycles. The molecule has 0 aliphatic heterocycles. The maximum absolute atomic E-state index is 3.88. The SMILES string of the molecule is Cc1ccccc1NCc1cnnn1C. The Kier molecular flexibility index (Phi) is 2.67. The van der Waals surface area contributed by atoms with Gasteiger partial charge in [-0.1, -0.05) is 23.4 Å². The van der Waals surface area contributed by atoms with Crippen LogP contribution in [0.25, 0.3) is 0 Å². The van der Waals surface area contributed by atoms with E-state index in [1.165, 1.54) is 5.56 Å². The number of benzene rings is 1. The van der Waals surface area contributed by atoms with E-state index < -0.39 is 0 Å². The lowest BCUT2D eigenvalue weighted by atomic mass is 10.2. The fraction of sp³-hybridized carbons (Fsp3) is 0.273. The third-order valence-corrected chi connectivity index (χ3v) is 2.41. The molecule has 0 radical (unpaired) electrons. The summed E-state index contributed by atoms with van der Waals surface area (Å²) in [7, 11) is 1.89. The minimum atomic E-state index is 0.744. The van der Waals surface area contributed by atoms with Gasteiger partial charge in [0.2, 0.25) is 0 Å². The molecule has 2 rings (SSSR count). The lowest BCUT2D eigenvalue weighted by Crippen LogP contribution is -2.06. The molecule has 1 aromatic carbocycles. The van der Waals surface area contributed by atoms with Gasteiger partial charge in [-0.3, -0.25) is 4.68 Å². The molecule has 0 fully saturated rings. The maximum atomic E-state index is 3.88. The summed E-state index contributed by atoms with van der Waals surface area (Å²) in [5.41, 5.74) is 3.46. The first-order chi connectivity index (χ1) is 7.27. The summed E-state index contributed by atoms with van der Waals surface area (Å²) in [6.07, 6.45) is 1.77. The molecule has 0 aliphatic rings. The molecule has 0 atom stereocenters. The summed E-state index contributed by atoms with van der Waals surface area (Å²) in [6.45, 7) is 2.83. The Hall–Kier alpha value is -1.84. The molecule has 78 valence electrons. The molecule has 2 aromatic rings. The van der Waals surface area contributed by atoms with E-state index in [0.29, 0.717) is 0 Å². The van der Waals surface area contributed by atoms with Gasteiger partial charge in [-0.15, -0.1) is 5.10 Å². The van der Waals surface area contributed by atoms with Crippen molar-refractivity contribution in [1.29, 1.82) is 0 Å². The van der Waals surface area contributed by atoms with E-state index >= 15 is 0 Å². The second-order valence-electron chi connectivity index (χ2n) is 3.52. The molecular formula is C11H14N4. The molecule has 0 spiro atoms. The number of aromatic nitrogens is 3. The molecule has 0 bridgehead atoms. The minimum Gasteiger partial charge on any atom is -0.379 e. The molecule has 1 aromatic heterocycles. The highest BCUT2D eigenvalue weighted by atomic mass is 15.4. The topological polar surface area (TPSA) is 42.7 Å². The first-order valence-corrected chi connectivity index (χ1v) is 4.90. The van der Waals surface area contributed by atoms with Crippen LogP contribution in [0.5, 0.6) is 0 Å². The van der Waals surface area contributed by atoms with Gasteiger partial charge in [-0.25, -0.2) is 0 Å². The fourth-order valence-electron chi connectivity index (χ4n) is 1.43. The number of rotatable bonds is 3. The Morgan fingerprint density at radius 1 is 1.33 bits per heavy atom. The molecule has 0 saturated carbocycles. The van der Waals surface area contributed by atoms with E-state index in [0.717, 1.165) is 17.9 Å². The first-order valence-electron chi connectivity index (χ1n) is 4.90. The molecule has 15 heavy (non-hydrogen) atoms. The van der Waals surface area contributed by atoms with Crippen molar-refractivity contribution in [3.8, 4) is 0 Å². The number of hydrogen-bond donors (Lipinski definition) is 1. The maximum Gasteiger partial charge on any atom is 0.0774 e. The van der Waals surface area contributed by atoms with Crippen LogP contribution in [0.4, 0.5) is 5.69 Å². The van der Waals surface area contributed by atoms with Crippen LogP contribution in [0.3, 0.4) is 0 Å². The molecule has 0 unspecified atom stereocenters. The number of nitrogens with one attached hydrogen (secondary N) is 1. The summed E-state index contributed by atoms with van der Waals surface area (Å²) in [5.74, 6) is 0. The highest BCUT2D eigenvalue weighted by Gasteiger charge is 2.00. The first kappa shape index (κ1) is 9.71. The Balaban J connectivity index is 2.06. The third-order valence-electron chi connectivity index (χ3n) is 2.41. The van der Waals surface area contributed by atoms with E-state index in [2.05, 4.69) is 34.7 Å². The highest BCUT2D eigenvalue weighted by Crippen LogP contribution is 2.13. The van der Waals surface area contributed by atoms with Crippen LogP contribution < -0.4 is 5.32 Å². The van der Waals surface area contributed by atoms with Gasteiger partial charge in [0, 0.05) is 12.7 Å². The van der Waals surface area contributed by atoms with Gasteiger partial charge in [0.05, 0.1) is 18.4 Å². The summed E-state index contributed by atoms with van der Waals surface area (Å²) in [5, 5.41) is 11.1. The Morgan fingerprint density at radius 2 is 2.13 bits per heavy atom. The van der Waals surface area contributed by atoms with Crippen molar-refractivity contribution in [2.45, 2.75) is 13.5 Å². The van der Waals surface area contributed by atoms with Gasteiger partial charge in [0.1, 0.15) is 0 Å². The molecule has 0 saturated heterocycles. The quantitative estimate of drug-likeness (QED) is 0.824. The van der Waals surface area contributed by atoms with Gasteiger partial charge in [-0.2, -0.15) is 0 Å². The second kappa shape index (κ2) is 4.13. The average molecular weight is 202 g/mol. The van der Waals surface area contributed by atoms with Crippen molar-refractivity contribution in [2.24, 2.45) is 7.05 Å². The standard InChI is InChI=1S/C11H14N4/c1-9-5-3-4-6-11(9)12-7-10-8-13-14-15(10)2/h3-6,8,12H,7H2,1-2H3. The van der Waals surface area contributed by atoms with Gasteiger partial charge in [0.15, 0.2) is 0 Å². The lowest BCUT2D eigenvalue weighted by molar-refractivity contribution is 0.683. The zero-order chi connectivity index (χ0) is 10.7. The Morgan fingerprint density at radius 3 is 2.80 bits per heavy atom.